The molecule has 3 radical (unpaired) electrons. The minimum Gasteiger partial charge on any atom is -1.00 e. The van der Waals surface area contributed by atoms with Crippen molar-refractivity contribution in [2.24, 2.45) is 181 Å². The predicted molar refractivity (Wildman–Crippen MR) is 593 cm³/mol. The van der Waals surface area contributed by atoms with Gasteiger partial charge in [-0.2, -0.15) is 0 Å². The van der Waals surface area contributed by atoms with Crippen molar-refractivity contribution in [1.82, 2.24) is 0 Å². The van der Waals surface area contributed by atoms with Gasteiger partial charge >= 0.3 is 53.4 Å². The van der Waals surface area contributed by atoms with Crippen LogP contribution in [-0.2, 0) is 43.0 Å². The second kappa shape index (κ2) is 45.0. The van der Waals surface area contributed by atoms with Crippen LogP contribution in [0.15, 0.2) is 46.6 Å². The average Bonchev–Trinajstić information content (AvgIpc) is 1.64. The molecule has 16 saturated carbocycles. The van der Waals surface area contributed by atoms with Crippen molar-refractivity contribution >= 4 is 43.9 Å². The zero-order chi connectivity index (χ0) is 109. The number of hydrogen-bond donors (Lipinski definition) is 8. The van der Waals surface area contributed by atoms with Crippen LogP contribution < -0.4 is 29.6 Å². The number of Topliss-reactive ketones (excluding diaryl/α,β-unsaturated/α-hetero) is 2. The summed E-state index contributed by atoms with van der Waals surface area (Å²) in [6, 6.07) is 0. The number of aliphatic hydroxyl groups excluding tert-OH is 4. The topological polar surface area (TPSA) is 323 Å². The molecule has 20 heteroatoms. The van der Waals surface area contributed by atoms with Crippen LogP contribution in [0.1, 0.15) is 482 Å². The van der Waals surface area contributed by atoms with Crippen LogP contribution in [0.4, 0.5) is 0 Å². The predicted octanol–water partition coefficient (Wildman–Crippen LogP) is 23.6. The summed E-state index contributed by atoms with van der Waals surface area (Å²) in [5.41, 5.74) is 2.44. The standard InChI is InChI=1S/C32H54O4.C32H52O4.C30H52O3.C30H50O3.C4H6O3.B.Na.H2O.H/c2*1-20(2)11-10-15-32(9,35)22-12-17-31(8)27(22)23(36-21(3)33)19-25-29(6)16-14-26(34)28(4,5)24(29)13-18-30(25,31)7;2*1-19(2)10-9-14-30(8,33)20-11-16-29(7)25(20)21(31)18-23-27(5)15-13-24(32)26(3,4)22(27)12-17-28(23,29)6;1-3(5)7-4(2)6;;;;/h11,22-27,34-35H,10,12-19H2,1-9H3;11,22-25,27,35H,10,12-19H2,1-9H3;10,20-25,31-33H,9,11-18H2,1-8H3;10,20-23,25,31,33H,9,11-18H2,1-8H3;1-2H3;;;1H2;/q;;;;;;+1;;-1/t22?,23?,24?,25?,26-,27?,29?,30?,31?,32?;;20?,21?,22?,23?,24-,25?,27?,28?,29?,30?;;;;;;/m0.0....../s1. The zero-order valence-electron chi connectivity index (χ0n) is 102. The number of carbonyl (C=O) groups is 6. The van der Waals surface area contributed by atoms with Gasteiger partial charge in [-0.3, -0.25) is 28.8 Å². The number of hydrogen-bond acceptors (Lipinski definition) is 17. The number of esters is 4. The van der Waals surface area contributed by atoms with E-state index in [0.717, 1.165) is 205 Å². The molecule has 16 fully saturated rings. The summed E-state index contributed by atoms with van der Waals surface area (Å²) >= 11 is 0. The van der Waals surface area contributed by atoms with E-state index in [1.54, 1.807) is 6.92 Å². The fourth-order valence-electron chi connectivity index (χ4n) is 41.6. The molecule has 0 saturated heterocycles. The van der Waals surface area contributed by atoms with Gasteiger partial charge in [0, 0.05) is 71.6 Å². The van der Waals surface area contributed by atoms with Crippen LogP contribution in [0.3, 0.4) is 0 Å². The van der Waals surface area contributed by atoms with Gasteiger partial charge in [0.05, 0.1) is 46.8 Å². The SMILES string of the molecule is CC(=O)OC(C)=O.CC(=O)OC1CC2C3(C)CCC(=O)C(C)(C)C3CCC2(C)C2(C)CCC(C(C)(O)CCC=C(C)C)C12.CC(=O)OC1CC2C3(C)CC[C@H](O)C(C)(C)C3CCC2(C)C2(C)CCC(C(C)(O)CCC=C(C)C)C12.CC(C)=CCCC(C)(O)C1CCC2(C)C1C(O)CC1C3(C)CCC(=O)C(C)(C)C3CCC12C.CC(C)=CCCC(C)(O)C1CCC2(C)C1C(O)CC1C3(C)CC[C@H](O)C(C)(C)C3CCC12C.O.[B].[H-].[Na+]. The third-order valence-electron chi connectivity index (χ3n) is 49.9. The summed E-state index contributed by atoms with van der Waals surface area (Å²) in [5, 5.41) is 92.3. The summed E-state index contributed by atoms with van der Waals surface area (Å²) < 4.78 is 16.4. The Bertz CT molecular complexity index is 4800. The van der Waals surface area contributed by atoms with Gasteiger partial charge in [-0.05, 0) is 460 Å². The number of allylic oxidation sites excluding steroid dienone is 8. The van der Waals surface area contributed by atoms with Crippen molar-refractivity contribution in [3.05, 3.63) is 46.6 Å². The molecule has 18 nitrogen and oxygen atoms in total. The van der Waals surface area contributed by atoms with E-state index in [1.807, 2.05) is 27.7 Å². The van der Waals surface area contributed by atoms with E-state index in [1.165, 1.54) is 55.9 Å². The van der Waals surface area contributed by atoms with Gasteiger partial charge < -0.3 is 62.0 Å². The van der Waals surface area contributed by atoms with Crippen LogP contribution in [0, 0.1) is 181 Å². The largest absolute Gasteiger partial charge is 1.00 e. The van der Waals surface area contributed by atoms with Gasteiger partial charge in [-0.15, -0.1) is 0 Å². The maximum Gasteiger partial charge on any atom is 1.00 e. The Morgan fingerprint density at radius 2 is 0.534 bits per heavy atom. The molecule has 0 aromatic rings. The second-order valence-corrected chi connectivity index (χ2v) is 59.8. The smallest absolute Gasteiger partial charge is 1.00 e. The number of aliphatic hydroxyl groups is 8. The summed E-state index contributed by atoms with van der Waals surface area (Å²) in [6.07, 6.45) is 41.9. The van der Waals surface area contributed by atoms with Crippen LogP contribution >= 0.6 is 0 Å². The molecule has 148 heavy (non-hydrogen) atoms. The number of fused-ring (bicyclic) bond motifs is 20. The molecule has 841 valence electrons. The van der Waals surface area contributed by atoms with E-state index in [4.69, 9.17) is 9.47 Å². The Balaban J connectivity index is 0.000000235. The van der Waals surface area contributed by atoms with Gasteiger partial charge in [0.15, 0.2) is 0 Å². The van der Waals surface area contributed by atoms with Crippen molar-refractivity contribution in [2.75, 3.05) is 0 Å². The van der Waals surface area contributed by atoms with E-state index < -0.39 is 34.3 Å². The van der Waals surface area contributed by atoms with Crippen LogP contribution in [-0.4, -0.2) is 149 Å². The fourth-order valence-corrected chi connectivity index (χ4v) is 41.6. The molecule has 16 aliphatic carbocycles. The molecule has 36 unspecified atom stereocenters. The molecular weight excluding hydrogens is 1860 g/mol. The minimum atomic E-state index is -0.795. The van der Waals surface area contributed by atoms with E-state index >= 15 is 0 Å². The fraction of sp³-hybridized carbons (Fsp3) is 0.891. The molecule has 0 amide bonds. The molecule has 0 aromatic heterocycles. The Kier molecular flexibility index (Phi) is 39.1. The normalized spacial score (nSPS) is 44.8. The Morgan fingerprint density at radius 1 is 0.311 bits per heavy atom. The minimum absolute atomic E-state index is 0. The van der Waals surface area contributed by atoms with Gasteiger partial charge in [0.2, 0.25) is 0 Å². The summed E-state index contributed by atoms with van der Waals surface area (Å²) in [5.74, 6) is 4.01. The maximum absolute atomic E-state index is 13.0. The van der Waals surface area contributed by atoms with Crippen molar-refractivity contribution in [2.45, 2.75) is 539 Å². The molecule has 0 heterocycles. The number of rotatable bonds is 18. The first-order valence-corrected chi connectivity index (χ1v) is 58.6. The van der Waals surface area contributed by atoms with E-state index in [9.17, 15) is 69.6 Å². The van der Waals surface area contributed by atoms with E-state index in [0.29, 0.717) is 71.8 Å². The molecule has 10 N–H and O–H groups in total. The first-order valence-electron chi connectivity index (χ1n) is 58.6. The molecule has 0 aliphatic heterocycles. The monoisotopic (exact) mass is 2080 g/mol. The third kappa shape index (κ3) is 22.2. The Labute approximate surface area is 925 Å². The summed E-state index contributed by atoms with van der Waals surface area (Å²) in [4.78, 5) is 70.3. The van der Waals surface area contributed by atoms with Crippen LogP contribution in [0.2, 0.25) is 0 Å². The Morgan fingerprint density at radius 3 is 0.770 bits per heavy atom. The third-order valence-corrected chi connectivity index (χ3v) is 49.9. The number of ether oxygens (including phenoxy) is 3. The van der Waals surface area contributed by atoms with Crippen molar-refractivity contribution < 1.29 is 120 Å². The van der Waals surface area contributed by atoms with Crippen LogP contribution in [0.5, 0.6) is 0 Å². The average molecular weight is 2080 g/mol. The molecule has 38 atom stereocenters. The zero-order valence-corrected chi connectivity index (χ0v) is 103. The molecule has 0 spiro atoms. The maximum atomic E-state index is 13.0. The molecule has 0 bridgehead atoms. The summed E-state index contributed by atoms with van der Waals surface area (Å²) in [7, 11) is 0. The molecule has 0 aromatic carbocycles. The van der Waals surface area contributed by atoms with Crippen molar-refractivity contribution in [3.63, 3.8) is 0 Å². The van der Waals surface area contributed by atoms with E-state index in [-0.39, 0.29) is 227 Å². The second-order valence-electron chi connectivity index (χ2n) is 59.8. The van der Waals surface area contributed by atoms with Crippen LogP contribution in [0.25, 0.3) is 0 Å². The van der Waals surface area contributed by atoms with Gasteiger partial charge in [-0.25, -0.2) is 0 Å². The van der Waals surface area contributed by atoms with Gasteiger partial charge in [-0.1, -0.05) is 185 Å². The molecule has 16 rings (SSSR count). The number of ketones is 2. The van der Waals surface area contributed by atoms with Gasteiger partial charge in [0.1, 0.15) is 23.8 Å². The van der Waals surface area contributed by atoms with Crippen molar-refractivity contribution in [3.8, 4) is 0 Å². The molecular formula is C128H217BNaO18. The molecule has 16 aliphatic rings. The first kappa shape index (κ1) is 129. The Hall–Kier alpha value is -2.92. The quantitative estimate of drug-likeness (QED) is 0.0208. The van der Waals surface area contributed by atoms with E-state index in [2.05, 4.69) is 223 Å². The number of carbonyl (C=O) groups excluding carboxylic acids is 6. The first-order chi connectivity index (χ1) is 66.4. The van der Waals surface area contributed by atoms with Gasteiger partial charge in [0.25, 0.3) is 0 Å². The van der Waals surface area contributed by atoms with Crippen molar-refractivity contribution in [1.29, 1.82) is 0 Å². The summed E-state index contributed by atoms with van der Waals surface area (Å²) in [6.45, 7) is 78.1.